The van der Waals surface area contributed by atoms with Gasteiger partial charge in [0, 0.05) is 24.8 Å². The molecule has 0 radical (unpaired) electrons. The number of hydrogen-bond acceptors (Lipinski definition) is 4. The lowest BCUT2D eigenvalue weighted by atomic mass is 9.75. The summed E-state index contributed by atoms with van der Waals surface area (Å²) in [6.07, 6.45) is 2.55. The monoisotopic (exact) mass is 400 g/mol. The minimum Gasteiger partial charge on any atom is -0.492 e. The van der Waals surface area contributed by atoms with Crippen molar-refractivity contribution in [2.45, 2.75) is 18.4 Å². The molecule has 1 atom stereocenters. The maximum atomic E-state index is 12.3. The zero-order chi connectivity index (χ0) is 20.6. The highest BCUT2D eigenvalue weighted by atomic mass is 16.5. The summed E-state index contributed by atoms with van der Waals surface area (Å²) in [5, 5.41) is 12.3. The van der Waals surface area contributed by atoms with E-state index in [0.717, 1.165) is 53.4 Å². The van der Waals surface area contributed by atoms with Gasteiger partial charge in [0.1, 0.15) is 18.0 Å². The molecule has 3 aromatic carbocycles. The third-order valence-corrected chi connectivity index (χ3v) is 6.44. The van der Waals surface area contributed by atoms with E-state index in [9.17, 15) is 5.11 Å². The predicted octanol–water partition coefficient (Wildman–Crippen LogP) is 4.53. The van der Waals surface area contributed by atoms with Crippen LogP contribution in [0.2, 0.25) is 0 Å². The summed E-state index contributed by atoms with van der Waals surface area (Å²) < 4.78 is 6.32. The van der Waals surface area contributed by atoms with Crippen LogP contribution in [-0.2, 0) is 5.60 Å². The molecule has 2 aliphatic rings. The molecule has 1 saturated heterocycles. The van der Waals surface area contributed by atoms with Gasteiger partial charge in [-0.3, -0.25) is 4.90 Å². The minimum absolute atomic E-state index is 0.618. The van der Waals surface area contributed by atoms with E-state index < -0.39 is 5.60 Å². The quantitative estimate of drug-likeness (QED) is 0.683. The van der Waals surface area contributed by atoms with Crippen molar-refractivity contribution in [1.82, 2.24) is 4.90 Å². The van der Waals surface area contributed by atoms with Gasteiger partial charge in [-0.2, -0.15) is 0 Å². The van der Waals surface area contributed by atoms with Crippen LogP contribution in [0.15, 0.2) is 72.8 Å². The van der Waals surface area contributed by atoms with Crippen molar-refractivity contribution in [1.29, 1.82) is 0 Å². The second-order valence-corrected chi connectivity index (χ2v) is 8.20. The fraction of sp³-hybridized carbons (Fsp3) is 0.308. The average Bonchev–Trinajstić information content (AvgIpc) is 3.31. The number of ether oxygens (including phenoxy) is 1. The Labute approximate surface area is 178 Å². The summed E-state index contributed by atoms with van der Waals surface area (Å²) in [5.74, 6) is 0.749. The number of nitrogens with zero attached hydrogens (tertiary/aromatic N) is 2. The number of hydrogen-bond donors (Lipinski definition) is 1. The summed E-state index contributed by atoms with van der Waals surface area (Å²) in [6, 6.07) is 24.1. The molecule has 30 heavy (non-hydrogen) atoms. The normalized spacial score (nSPS) is 20.7. The predicted molar refractivity (Wildman–Crippen MR) is 121 cm³/mol. The lowest BCUT2D eigenvalue weighted by Gasteiger charge is -2.42. The van der Waals surface area contributed by atoms with Crippen LogP contribution in [0.25, 0.3) is 0 Å². The Hall–Kier alpha value is -2.82. The van der Waals surface area contributed by atoms with E-state index in [1.165, 1.54) is 12.8 Å². The molecule has 5 rings (SSSR count). The van der Waals surface area contributed by atoms with Gasteiger partial charge in [-0.05, 0) is 49.7 Å². The van der Waals surface area contributed by atoms with Gasteiger partial charge in [-0.15, -0.1) is 0 Å². The van der Waals surface area contributed by atoms with Crippen LogP contribution in [0, 0.1) is 0 Å². The van der Waals surface area contributed by atoms with Crippen molar-refractivity contribution < 1.29 is 9.84 Å². The van der Waals surface area contributed by atoms with Crippen molar-refractivity contribution in [3.05, 3.63) is 89.5 Å². The smallest absolute Gasteiger partial charge is 0.148 e. The molecule has 3 aromatic rings. The molecule has 1 fully saturated rings. The summed E-state index contributed by atoms with van der Waals surface area (Å²) in [7, 11) is 2.05. The number of benzene rings is 3. The minimum atomic E-state index is -1.27. The van der Waals surface area contributed by atoms with Gasteiger partial charge in [-0.1, -0.05) is 54.6 Å². The largest absolute Gasteiger partial charge is 0.492 e. The maximum Gasteiger partial charge on any atom is 0.148 e. The Kier molecular flexibility index (Phi) is 4.97. The highest BCUT2D eigenvalue weighted by molar-refractivity contribution is 5.81. The van der Waals surface area contributed by atoms with Crippen molar-refractivity contribution >= 4 is 11.4 Å². The highest BCUT2D eigenvalue weighted by Crippen LogP contribution is 2.53. The SMILES string of the molecule is CN1c2ccccc2C(O)(c2ccccc2)c2c(OCCN3CCCC3)cccc21. The zero-order valence-corrected chi connectivity index (χ0v) is 17.4. The molecule has 2 heterocycles. The number of anilines is 2. The number of fused-ring (bicyclic) bond motifs is 2. The molecule has 0 saturated carbocycles. The Morgan fingerprint density at radius 3 is 2.37 bits per heavy atom. The van der Waals surface area contributed by atoms with E-state index in [0.29, 0.717) is 6.61 Å². The van der Waals surface area contributed by atoms with Gasteiger partial charge in [-0.25, -0.2) is 0 Å². The lowest BCUT2D eigenvalue weighted by molar-refractivity contribution is 0.119. The topological polar surface area (TPSA) is 35.9 Å². The Balaban J connectivity index is 1.61. The summed E-state index contributed by atoms with van der Waals surface area (Å²) in [5.41, 5.74) is 3.25. The second kappa shape index (κ2) is 7.78. The van der Waals surface area contributed by atoms with E-state index in [4.69, 9.17) is 4.74 Å². The van der Waals surface area contributed by atoms with Gasteiger partial charge in [0.25, 0.3) is 0 Å². The third kappa shape index (κ3) is 3.08. The summed E-state index contributed by atoms with van der Waals surface area (Å²) in [4.78, 5) is 4.59. The van der Waals surface area contributed by atoms with Crippen molar-refractivity contribution in [2.75, 3.05) is 38.2 Å². The van der Waals surface area contributed by atoms with Crippen molar-refractivity contribution in [3.63, 3.8) is 0 Å². The van der Waals surface area contributed by atoms with Gasteiger partial charge < -0.3 is 14.7 Å². The van der Waals surface area contributed by atoms with E-state index in [2.05, 4.69) is 29.0 Å². The maximum absolute atomic E-state index is 12.3. The third-order valence-electron chi connectivity index (χ3n) is 6.44. The first-order chi connectivity index (χ1) is 14.7. The summed E-state index contributed by atoms with van der Waals surface area (Å²) >= 11 is 0. The van der Waals surface area contributed by atoms with E-state index in [1.54, 1.807) is 0 Å². The Morgan fingerprint density at radius 1 is 0.867 bits per heavy atom. The standard InChI is InChI=1S/C26H28N2O2/c1-27-22-13-6-5-12-21(22)26(29,20-10-3-2-4-11-20)25-23(27)14-9-15-24(25)30-19-18-28-16-7-8-17-28/h2-6,9-15,29H,7-8,16-19H2,1H3. The molecule has 4 heteroatoms. The zero-order valence-electron chi connectivity index (χ0n) is 17.4. The molecule has 0 amide bonds. The van der Waals surface area contributed by atoms with E-state index in [-0.39, 0.29) is 0 Å². The van der Waals surface area contributed by atoms with Crippen molar-refractivity contribution in [3.8, 4) is 5.75 Å². The molecule has 4 nitrogen and oxygen atoms in total. The van der Waals surface area contributed by atoms with Crippen LogP contribution in [0.4, 0.5) is 11.4 Å². The van der Waals surface area contributed by atoms with Crippen LogP contribution in [-0.4, -0.2) is 43.3 Å². The van der Waals surface area contributed by atoms with Gasteiger partial charge in [0.15, 0.2) is 0 Å². The first kappa shape index (κ1) is 19.2. The summed E-state index contributed by atoms with van der Waals surface area (Å²) in [6.45, 7) is 3.84. The molecular formula is C26H28N2O2. The second-order valence-electron chi connectivity index (χ2n) is 8.20. The van der Waals surface area contributed by atoms with E-state index in [1.807, 2.05) is 60.7 Å². The van der Waals surface area contributed by atoms with Crippen LogP contribution in [0.5, 0.6) is 5.75 Å². The first-order valence-corrected chi connectivity index (χ1v) is 10.8. The molecule has 1 N–H and O–H groups in total. The Morgan fingerprint density at radius 2 is 1.57 bits per heavy atom. The fourth-order valence-electron chi connectivity index (χ4n) is 4.89. The van der Waals surface area contributed by atoms with Gasteiger partial charge in [0.2, 0.25) is 0 Å². The molecule has 0 aliphatic carbocycles. The van der Waals surface area contributed by atoms with Crippen LogP contribution in [0.1, 0.15) is 29.5 Å². The Bertz CT molecular complexity index is 1030. The lowest BCUT2D eigenvalue weighted by Crippen LogP contribution is -2.37. The van der Waals surface area contributed by atoms with Crippen LogP contribution in [0.3, 0.4) is 0 Å². The van der Waals surface area contributed by atoms with Crippen molar-refractivity contribution in [2.24, 2.45) is 0 Å². The fourth-order valence-corrected chi connectivity index (χ4v) is 4.89. The van der Waals surface area contributed by atoms with Gasteiger partial charge >= 0.3 is 0 Å². The van der Waals surface area contributed by atoms with Crippen LogP contribution >= 0.6 is 0 Å². The van der Waals surface area contributed by atoms with Gasteiger partial charge in [0.05, 0.1) is 11.3 Å². The molecule has 2 aliphatic heterocycles. The first-order valence-electron chi connectivity index (χ1n) is 10.8. The molecule has 0 bridgehead atoms. The molecule has 1 unspecified atom stereocenters. The number of likely N-dealkylation sites (tertiary alicyclic amines) is 1. The number of aliphatic hydroxyl groups is 1. The molecular weight excluding hydrogens is 372 g/mol. The highest BCUT2D eigenvalue weighted by Gasteiger charge is 2.44. The van der Waals surface area contributed by atoms with Crippen LogP contribution < -0.4 is 9.64 Å². The average molecular weight is 401 g/mol. The number of para-hydroxylation sites is 1. The van der Waals surface area contributed by atoms with E-state index >= 15 is 0 Å². The molecule has 0 aromatic heterocycles. The molecule has 154 valence electrons. The molecule has 0 spiro atoms. The number of rotatable bonds is 5.